The molecule has 1 aromatic carbocycles. The fourth-order valence-corrected chi connectivity index (χ4v) is 1.10. The number of allylic oxidation sites excluding steroid dienone is 5. The monoisotopic (exact) mass is 274 g/mol. The summed E-state index contributed by atoms with van der Waals surface area (Å²) in [5.74, 6) is 0. The lowest BCUT2D eigenvalue weighted by atomic mass is 10.1. The third kappa shape index (κ3) is 16.4. The molecular formula is C20H34. The molecule has 0 N–H and O–H groups in total. The molecule has 0 aliphatic heterocycles. The summed E-state index contributed by atoms with van der Waals surface area (Å²) in [5.41, 5.74) is 2.49. The van der Waals surface area contributed by atoms with E-state index in [1.54, 1.807) is 0 Å². The molecule has 0 aromatic heterocycles. The highest BCUT2D eigenvalue weighted by Crippen LogP contribution is 2.04. The van der Waals surface area contributed by atoms with E-state index >= 15 is 0 Å². The average Bonchev–Trinajstić information content (AvgIpc) is 2.57. The van der Waals surface area contributed by atoms with Crippen molar-refractivity contribution in [2.45, 2.75) is 55.4 Å². The maximum absolute atomic E-state index is 2.12. The van der Waals surface area contributed by atoms with Crippen molar-refractivity contribution in [1.29, 1.82) is 0 Å². The van der Waals surface area contributed by atoms with Gasteiger partial charge in [-0.3, -0.25) is 0 Å². The average molecular weight is 274 g/mol. The van der Waals surface area contributed by atoms with Gasteiger partial charge in [-0.05, 0) is 19.4 Å². The number of hydrogen-bond donors (Lipinski definition) is 0. The van der Waals surface area contributed by atoms with Gasteiger partial charge in [0.05, 0.1) is 0 Å². The topological polar surface area (TPSA) is 0 Å². The van der Waals surface area contributed by atoms with Crippen molar-refractivity contribution < 1.29 is 0 Å². The Kier molecular flexibility index (Phi) is 26.6. The van der Waals surface area contributed by atoms with Crippen molar-refractivity contribution in [1.82, 2.24) is 0 Å². The van der Waals surface area contributed by atoms with Gasteiger partial charge in [-0.25, -0.2) is 0 Å². The third-order valence-electron chi connectivity index (χ3n) is 1.89. The Morgan fingerprint density at radius 1 is 0.850 bits per heavy atom. The third-order valence-corrected chi connectivity index (χ3v) is 1.89. The summed E-state index contributed by atoms with van der Waals surface area (Å²) >= 11 is 0. The Bertz CT molecular complexity index is 340. The van der Waals surface area contributed by atoms with Crippen molar-refractivity contribution in [2.75, 3.05) is 0 Å². The quantitative estimate of drug-likeness (QED) is 0.507. The maximum atomic E-state index is 2.12. The Morgan fingerprint density at radius 3 is 1.80 bits per heavy atom. The molecule has 0 heteroatoms. The van der Waals surface area contributed by atoms with Crippen molar-refractivity contribution in [2.24, 2.45) is 0 Å². The van der Waals surface area contributed by atoms with Gasteiger partial charge in [0, 0.05) is 0 Å². The SMILES string of the molecule is CC.CC.CC.C\C=C/C=C(C)/C=C/c1ccccc1. The molecule has 1 aromatic rings. The molecule has 0 fully saturated rings. The van der Waals surface area contributed by atoms with Gasteiger partial charge in [0.15, 0.2) is 0 Å². The van der Waals surface area contributed by atoms with E-state index in [-0.39, 0.29) is 0 Å². The lowest BCUT2D eigenvalue weighted by Gasteiger charge is -1.91. The van der Waals surface area contributed by atoms with Crippen LogP contribution in [0.2, 0.25) is 0 Å². The number of rotatable bonds is 3. The molecule has 0 bridgehead atoms. The van der Waals surface area contributed by atoms with Crippen LogP contribution < -0.4 is 0 Å². The molecule has 20 heavy (non-hydrogen) atoms. The molecule has 0 heterocycles. The maximum Gasteiger partial charge on any atom is -0.0257 e. The van der Waals surface area contributed by atoms with Gasteiger partial charge in [-0.2, -0.15) is 0 Å². The summed E-state index contributed by atoms with van der Waals surface area (Å²) < 4.78 is 0. The van der Waals surface area contributed by atoms with Crippen LogP contribution in [-0.2, 0) is 0 Å². The van der Waals surface area contributed by atoms with Crippen LogP contribution in [0.25, 0.3) is 6.08 Å². The van der Waals surface area contributed by atoms with Gasteiger partial charge >= 0.3 is 0 Å². The predicted octanol–water partition coefficient (Wildman–Crippen LogP) is 7.30. The highest BCUT2D eigenvalue weighted by molar-refractivity contribution is 5.52. The molecular weight excluding hydrogens is 240 g/mol. The molecule has 0 nitrogen and oxygen atoms in total. The van der Waals surface area contributed by atoms with E-state index in [0.717, 1.165) is 0 Å². The van der Waals surface area contributed by atoms with Crippen LogP contribution in [0.3, 0.4) is 0 Å². The zero-order valence-corrected chi connectivity index (χ0v) is 14.8. The lowest BCUT2D eigenvalue weighted by Crippen LogP contribution is -1.70. The highest BCUT2D eigenvalue weighted by atomic mass is 13.9. The fourth-order valence-electron chi connectivity index (χ4n) is 1.10. The molecule has 0 saturated carbocycles. The molecule has 0 radical (unpaired) electrons. The van der Waals surface area contributed by atoms with Crippen LogP contribution in [-0.4, -0.2) is 0 Å². The Hall–Kier alpha value is -1.56. The molecule has 0 saturated heterocycles. The van der Waals surface area contributed by atoms with Crippen LogP contribution in [0, 0.1) is 0 Å². The zero-order chi connectivity index (χ0) is 16.2. The van der Waals surface area contributed by atoms with E-state index in [1.165, 1.54) is 11.1 Å². The normalized spacial score (nSPS) is 9.90. The van der Waals surface area contributed by atoms with E-state index in [0.29, 0.717) is 0 Å². The molecule has 0 aliphatic carbocycles. The van der Waals surface area contributed by atoms with Gasteiger partial charge in [0.1, 0.15) is 0 Å². The summed E-state index contributed by atoms with van der Waals surface area (Å²) in [6, 6.07) is 10.3. The first-order valence-electron chi connectivity index (χ1n) is 7.85. The van der Waals surface area contributed by atoms with Gasteiger partial charge in [-0.1, -0.05) is 108 Å². The Morgan fingerprint density at radius 2 is 1.35 bits per heavy atom. The summed E-state index contributed by atoms with van der Waals surface area (Å²) in [5, 5.41) is 0. The minimum Gasteiger partial charge on any atom is -0.0877 e. The van der Waals surface area contributed by atoms with E-state index in [1.807, 2.05) is 78.8 Å². The second-order valence-electron chi connectivity index (χ2n) is 3.18. The number of benzene rings is 1. The van der Waals surface area contributed by atoms with Crippen molar-refractivity contribution in [3.8, 4) is 0 Å². The van der Waals surface area contributed by atoms with Gasteiger partial charge in [0.2, 0.25) is 0 Å². The van der Waals surface area contributed by atoms with Gasteiger partial charge in [0.25, 0.3) is 0 Å². The first-order chi connectivity index (χ1) is 9.83. The zero-order valence-electron chi connectivity index (χ0n) is 14.8. The van der Waals surface area contributed by atoms with E-state index in [9.17, 15) is 0 Å². The van der Waals surface area contributed by atoms with Crippen LogP contribution in [0.4, 0.5) is 0 Å². The van der Waals surface area contributed by atoms with E-state index in [4.69, 9.17) is 0 Å². The minimum absolute atomic E-state index is 1.24. The summed E-state index contributed by atoms with van der Waals surface area (Å²) in [7, 11) is 0. The predicted molar refractivity (Wildman–Crippen MR) is 98.1 cm³/mol. The van der Waals surface area contributed by atoms with Crippen LogP contribution in [0.5, 0.6) is 0 Å². The van der Waals surface area contributed by atoms with Crippen LogP contribution in [0.15, 0.2) is 60.2 Å². The first kappa shape index (κ1) is 23.5. The molecule has 0 amide bonds. The first-order valence-corrected chi connectivity index (χ1v) is 7.85. The summed E-state index contributed by atoms with van der Waals surface area (Å²) in [4.78, 5) is 0. The molecule has 1 rings (SSSR count). The minimum atomic E-state index is 1.24. The molecule has 0 unspecified atom stereocenters. The second kappa shape index (κ2) is 22.6. The van der Waals surface area contributed by atoms with Crippen LogP contribution in [0.1, 0.15) is 61.0 Å². The second-order valence-corrected chi connectivity index (χ2v) is 3.18. The standard InChI is InChI=1S/C14H16.3C2H6/c1-3-4-8-13(2)11-12-14-9-6-5-7-10-14;3*1-2/h3-12H,1-2H3;3*1-2H3/b4-3-,12-11+,13-8+;;;. The molecule has 0 spiro atoms. The molecule has 0 aliphatic rings. The fraction of sp³-hybridized carbons (Fsp3) is 0.400. The lowest BCUT2D eigenvalue weighted by molar-refractivity contribution is 1.50. The summed E-state index contributed by atoms with van der Waals surface area (Å²) in [6.45, 7) is 16.1. The van der Waals surface area contributed by atoms with Crippen molar-refractivity contribution in [3.05, 3.63) is 65.8 Å². The molecule has 0 atom stereocenters. The van der Waals surface area contributed by atoms with Crippen LogP contribution >= 0.6 is 0 Å². The molecule has 114 valence electrons. The van der Waals surface area contributed by atoms with Gasteiger partial charge in [-0.15, -0.1) is 0 Å². The van der Waals surface area contributed by atoms with Crippen molar-refractivity contribution >= 4 is 6.08 Å². The smallest absolute Gasteiger partial charge is 0.0257 e. The Labute approximate surface area is 127 Å². The van der Waals surface area contributed by atoms with E-state index in [2.05, 4.69) is 37.3 Å². The summed E-state index contributed by atoms with van der Waals surface area (Å²) in [6.07, 6.45) is 10.4. The highest BCUT2D eigenvalue weighted by Gasteiger charge is 1.82. The number of hydrogen-bond acceptors (Lipinski definition) is 0. The van der Waals surface area contributed by atoms with Crippen molar-refractivity contribution in [3.63, 3.8) is 0 Å². The largest absolute Gasteiger partial charge is 0.0877 e. The van der Waals surface area contributed by atoms with Gasteiger partial charge < -0.3 is 0 Å². The Balaban J connectivity index is -0.000000425. The van der Waals surface area contributed by atoms with E-state index < -0.39 is 0 Å².